The molecule has 1 aromatic carbocycles. The van der Waals surface area contributed by atoms with Crippen LogP contribution in [0, 0.1) is 17.0 Å². The molecule has 0 spiro atoms. The number of fused-ring (bicyclic) bond motifs is 1. The van der Waals surface area contributed by atoms with Crippen LogP contribution in [0.15, 0.2) is 36.9 Å². The zero-order valence-electron chi connectivity index (χ0n) is 13.1. The SMILES string of the molecule is C=CCOC1CCN(c2cc(C)nc3c([N+](=O)[O-])cccc23)C1. The first-order chi connectivity index (χ1) is 11.1. The van der Waals surface area contributed by atoms with Crippen LogP contribution in [-0.2, 0) is 4.74 Å². The topological polar surface area (TPSA) is 68.5 Å². The van der Waals surface area contributed by atoms with Gasteiger partial charge in [0.25, 0.3) is 5.69 Å². The highest BCUT2D eigenvalue weighted by Gasteiger charge is 2.26. The third-order valence-corrected chi connectivity index (χ3v) is 4.06. The smallest absolute Gasteiger partial charge is 0.295 e. The van der Waals surface area contributed by atoms with Gasteiger partial charge in [-0.1, -0.05) is 18.2 Å². The van der Waals surface area contributed by atoms with Crippen LogP contribution in [0.25, 0.3) is 10.9 Å². The lowest BCUT2D eigenvalue weighted by atomic mass is 10.1. The predicted molar refractivity (Wildman–Crippen MR) is 89.9 cm³/mol. The molecule has 2 aromatic rings. The van der Waals surface area contributed by atoms with E-state index < -0.39 is 0 Å². The molecule has 6 heteroatoms. The van der Waals surface area contributed by atoms with Gasteiger partial charge in [-0.3, -0.25) is 10.1 Å². The van der Waals surface area contributed by atoms with Gasteiger partial charge in [0.05, 0.1) is 17.6 Å². The van der Waals surface area contributed by atoms with Crippen molar-refractivity contribution in [1.29, 1.82) is 0 Å². The summed E-state index contributed by atoms with van der Waals surface area (Å²) in [6.07, 6.45) is 2.85. The van der Waals surface area contributed by atoms with Gasteiger partial charge >= 0.3 is 0 Å². The van der Waals surface area contributed by atoms with Gasteiger partial charge in [-0.05, 0) is 19.4 Å². The number of hydrogen-bond donors (Lipinski definition) is 0. The van der Waals surface area contributed by atoms with E-state index in [1.54, 1.807) is 12.1 Å². The molecule has 0 radical (unpaired) electrons. The Kier molecular flexibility index (Phi) is 4.25. The Hall–Kier alpha value is -2.47. The van der Waals surface area contributed by atoms with Crippen LogP contribution < -0.4 is 4.90 Å². The molecule has 1 saturated heterocycles. The summed E-state index contributed by atoms with van der Waals surface area (Å²) < 4.78 is 5.72. The fourth-order valence-corrected chi connectivity index (χ4v) is 3.04. The third kappa shape index (κ3) is 3.03. The van der Waals surface area contributed by atoms with Gasteiger partial charge in [0.1, 0.15) is 0 Å². The first-order valence-electron chi connectivity index (χ1n) is 7.62. The van der Waals surface area contributed by atoms with Crippen molar-refractivity contribution in [2.24, 2.45) is 0 Å². The third-order valence-electron chi connectivity index (χ3n) is 4.06. The number of hydrogen-bond acceptors (Lipinski definition) is 5. The minimum absolute atomic E-state index is 0.0473. The molecule has 2 heterocycles. The molecule has 3 rings (SSSR count). The Balaban J connectivity index is 2.00. The van der Waals surface area contributed by atoms with Crippen LogP contribution in [0.2, 0.25) is 0 Å². The zero-order chi connectivity index (χ0) is 16.4. The number of rotatable bonds is 5. The molecule has 1 fully saturated rings. The Bertz CT molecular complexity index is 760. The molecule has 0 amide bonds. The molecule has 0 saturated carbocycles. The van der Waals surface area contributed by atoms with Crippen molar-refractivity contribution in [3.05, 3.63) is 52.7 Å². The van der Waals surface area contributed by atoms with E-state index in [0.29, 0.717) is 12.1 Å². The summed E-state index contributed by atoms with van der Waals surface area (Å²) >= 11 is 0. The van der Waals surface area contributed by atoms with E-state index in [4.69, 9.17) is 4.74 Å². The molecule has 0 aliphatic carbocycles. The van der Waals surface area contributed by atoms with Crippen LogP contribution in [0.5, 0.6) is 0 Å². The van der Waals surface area contributed by atoms with E-state index in [2.05, 4.69) is 16.5 Å². The summed E-state index contributed by atoms with van der Waals surface area (Å²) in [5.74, 6) is 0. The van der Waals surface area contributed by atoms with Crippen molar-refractivity contribution < 1.29 is 9.66 Å². The van der Waals surface area contributed by atoms with Crippen molar-refractivity contribution >= 4 is 22.3 Å². The van der Waals surface area contributed by atoms with E-state index in [1.807, 2.05) is 19.1 Å². The minimum atomic E-state index is -0.376. The average molecular weight is 313 g/mol. The van der Waals surface area contributed by atoms with E-state index in [-0.39, 0.29) is 16.7 Å². The molecular formula is C17H19N3O3. The minimum Gasteiger partial charge on any atom is -0.372 e. The molecule has 0 N–H and O–H groups in total. The molecule has 1 atom stereocenters. The summed E-state index contributed by atoms with van der Waals surface area (Å²) in [5, 5.41) is 12.1. The molecule has 1 unspecified atom stereocenters. The second-order valence-electron chi connectivity index (χ2n) is 5.69. The number of para-hydroxylation sites is 1. The molecule has 1 aliphatic rings. The van der Waals surface area contributed by atoms with Crippen molar-refractivity contribution in [2.45, 2.75) is 19.4 Å². The maximum Gasteiger partial charge on any atom is 0.295 e. The lowest BCUT2D eigenvalue weighted by Crippen LogP contribution is -2.23. The molecule has 0 bridgehead atoms. The number of ether oxygens (including phenoxy) is 1. The van der Waals surface area contributed by atoms with Crippen molar-refractivity contribution in [1.82, 2.24) is 4.98 Å². The first-order valence-corrected chi connectivity index (χ1v) is 7.62. The quantitative estimate of drug-likeness (QED) is 0.481. The van der Waals surface area contributed by atoms with Crippen LogP contribution in [0.3, 0.4) is 0 Å². The fraction of sp³-hybridized carbons (Fsp3) is 0.353. The maximum absolute atomic E-state index is 11.3. The summed E-state index contributed by atoms with van der Waals surface area (Å²) in [6.45, 7) is 7.71. The summed E-state index contributed by atoms with van der Waals surface area (Å²) in [4.78, 5) is 17.5. The Morgan fingerprint density at radius 2 is 2.39 bits per heavy atom. The zero-order valence-corrected chi connectivity index (χ0v) is 13.1. The van der Waals surface area contributed by atoms with Gasteiger partial charge in [0.2, 0.25) is 0 Å². The number of nitrogens with zero attached hydrogens (tertiary/aromatic N) is 3. The lowest BCUT2D eigenvalue weighted by molar-refractivity contribution is -0.383. The first kappa shape index (κ1) is 15.4. The average Bonchev–Trinajstić information content (AvgIpc) is 3.00. The standard InChI is InChI=1S/C17H19N3O3/c1-3-9-23-13-7-8-19(11-13)16-10-12(2)18-17-14(16)5-4-6-15(17)20(21)22/h3-6,10,13H,1,7-9,11H2,2H3. The Morgan fingerprint density at radius 1 is 1.57 bits per heavy atom. The normalized spacial score (nSPS) is 17.6. The lowest BCUT2D eigenvalue weighted by Gasteiger charge is -2.21. The highest BCUT2D eigenvalue weighted by Crippen LogP contribution is 2.33. The molecule has 1 aromatic heterocycles. The van der Waals surface area contributed by atoms with Gasteiger partial charge in [0.15, 0.2) is 5.52 Å². The number of benzene rings is 1. The van der Waals surface area contributed by atoms with Gasteiger partial charge in [-0.15, -0.1) is 6.58 Å². The number of aromatic nitrogens is 1. The maximum atomic E-state index is 11.3. The molecule has 120 valence electrons. The van der Waals surface area contributed by atoms with Gasteiger partial charge < -0.3 is 9.64 Å². The van der Waals surface area contributed by atoms with Crippen molar-refractivity contribution in [3.8, 4) is 0 Å². The summed E-state index contributed by atoms with van der Waals surface area (Å²) in [5.41, 5.74) is 2.26. The van der Waals surface area contributed by atoms with E-state index in [1.165, 1.54) is 6.07 Å². The number of aryl methyl sites for hydroxylation is 1. The van der Waals surface area contributed by atoms with Gasteiger partial charge in [-0.25, -0.2) is 4.98 Å². The molecule has 1 aliphatic heterocycles. The number of anilines is 1. The number of non-ortho nitro benzene ring substituents is 1. The van der Waals surface area contributed by atoms with Crippen LogP contribution in [-0.4, -0.2) is 35.7 Å². The summed E-state index contributed by atoms with van der Waals surface area (Å²) in [6, 6.07) is 7.09. The highest BCUT2D eigenvalue weighted by molar-refractivity contribution is 5.97. The van der Waals surface area contributed by atoms with Gasteiger partial charge in [0, 0.05) is 35.9 Å². The van der Waals surface area contributed by atoms with Crippen LogP contribution >= 0.6 is 0 Å². The molecule has 6 nitrogen and oxygen atoms in total. The number of nitro benzene ring substituents is 1. The second kappa shape index (κ2) is 6.34. The van der Waals surface area contributed by atoms with Crippen LogP contribution in [0.1, 0.15) is 12.1 Å². The Labute approximate surface area is 134 Å². The Morgan fingerprint density at radius 3 is 3.13 bits per heavy atom. The van der Waals surface area contributed by atoms with Crippen molar-refractivity contribution in [3.63, 3.8) is 0 Å². The van der Waals surface area contributed by atoms with Crippen LogP contribution in [0.4, 0.5) is 11.4 Å². The number of nitro groups is 1. The summed E-state index contributed by atoms with van der Waals surface area (Å²) in [7, 11) is 0. The van der Waals surface area contributed by atoms with Crippen molar-refractivity contribution in [2.75, 3.05) is 24.6 Å². The molecular weight excluding hydrogens is 294 g/mol. The monoisotopic (exact) mass is 313 g/mol. The second-order valence-corrected chi connectivity index (χ2v) is 5.69. The fourth-order valence-electron chi connectivity index (χ4n) is 3.04. The van der Waals surface area contributed by atoms with E-state index in [0.717, 1.165) is 36.3 Å². The highest BCUT2D eigenvalue weighted by atomic mass is 16.6. The van der Waals surface area contributed by atoms with E-state index >= 15 is 0 Å². The number of pyridine rings is 1. The van der Waals surface area contributed by atoms with Gasteiger partial charge in [-0.2, -0.15) is 0 Å². The van der Waals surface area contributed by atoms with E-state index in [9.17, 15) is 10.1 Å². The predicted octanol–water partition coefficient (Wildman–Crippen LogP) is 3.23. The molecule has 23 heavy (non-hydrogen) atoms. The largest absolute Gasteiger partial charge is 0.372 e.